The molecule has 0 unspecified atom stereocenters. The number of amides is 2. The van der Waals surface area contributed by atoms with Crippen molar-refractivity contribution in [3.8, 4) is 0 Å². The number of aryl methyl sites for hydroxylation is 1. The molecule has 0 atom stereocenters. The molecule has 1 fully saturated rings. The Balaban J connectivity index is 1.54. The van der Waals surface area contributed by atoms with Gasteiger partial charge in [0.1, 0.15) is 11.5 Å². The summed E-state index contributed by atoms with van der Waals surface area (Å²) in [5.74, 6) is -1.24. The summed E-state index contributed by atoms with van der Waals surface area (Å²) in [6.45, 7) is 3.45. The van der Waals surface area contributed by atoms with E-state index < -0.39 is 11.7 Å². The summed E-state index contributed by atoms with van der Waals surface area (Å²) in [5, 5.41) is 6.38. The summed E-state index contributed by atoms with van der Waals surface area (Å²) >= 11 is 7.22. The van der Waals surface area contributed by atoms with Gasteiger partial charge in [0.15, 0.2) is 0 Å². The van der Waals surface area contributed by atoms with Gasteiger partial charge in [0.05, 0.1) is 26.2 Å². The van der Waals surface area contributed by atoms with E-state index in [-0.39, 0.29) is 11.6 Å². The Morgan fingerprint density at radius 1 is 1.03 bits per heavy atom. The Kier molecular flexibility index (Phi) is 6.25. The fraction of sp³-hybridized carbons (Fsp3) is 0.217. The highest BCUT2D eigenvalue weighted by Crippen LogP contribution is 2.33. The van der Waals surface area contributed by atoms with Gasteiger partial charge in [-0.25, -0.2) is 4.39 Å². The molecule has 5 nitrogen and oxygen atoms in total. The first-order valence-electron chi connectivity index (χ1n) is 9.95. The van der Waals surface area contributed by atoms with Gasteiger partial charge < -0.3 is 15.5 Å². The maximum absolute atomic E-state index is 14.6. The third-order valence-electron chi connectivity index (χ3n) is 5.16. The lowest BCUT2D eigenvalue weighted by atomic mass is 10.2. The van der Waals surface area contributed by atoms with Crippen molar-refractivity contribution in [3.05, 3.63) is 75.4 Å². The van der Waals surface area contributed by atoms with Crippen molar-refractivity contribution < 1.29 is 14.0 Å². The number of rotatable bonds is 5. The van der Waals surface area contributed by atoms with E-state index in [1.54, 1.807) is 43.3 Å². The molecule has 0 spiro atoms. The average Bonchev–Trinajstić information content (AvgIpc) is 3.39. The predicted molar refractivity (Wildman–Crippen MR) is 124 cm³/mol. The number of benzene rings is 2. The molecule has 4 rings (SSSR count). The number of halogens is 2. The molecule has 0 saturated carbocycles. The Labute approximate surface area is 188 Å². The SMILES string of the molecule is Cc1cc(NC(=O)c2ccccc2Cl)sc1C(=O)Nc1c(F)cccc1N1CCCC1. The number of nitrogens with zero attached hydrogens (tertiary/aromatic N) is 1. The molecule has 2 heterocycles. The third kappa shape index (κ3) is 4.57. The van der Waals surface area contributed by atoms with Crippen LogP contribution in [0.25, 0.3) is 0 Å². The molecule has 1 aliphatic heterocycles. The monoisotopic (exact) mass is 457 g/mol. The van der Waals surface area contributed by atoms with E-state index in [0.29, 0.717) is 31.7 Å². The minimum Gasteiger partial charge on any atom is -0.370 e. The second-order valence-corrected chi connectivity index (χ2v) is 8.80. The van der Waals surface area contributed by atoms with E-state index in [9.17, 15) is 14.0 Å². The lowest BCUT2D eigenvalue weighted by Crippen LogP contribution is -2.21. The molecule has 2 aromatic carbocycles. The zero-order valence-corrected chi connectivity index (χ0v) is 18.4. The molecule has 2 amide bonds. The van der Waals surface area contributed by atoms with Crippen molar-refractivity contribution in [3.63, 3.8) is 0 Å². The van der Waals surface area contributed by atoms with Crippen LogP contribution in [0.5, 0.6) is 0 Å². The molecule has 2 N–H and O–H groups in total. The van der Waals surface area contributed by atoms with Crippen LogP contribution in [-0.2, 0) is 0 Å². The minimum absolute atomic E-state index is 0.184. The maximum Gasteiger partial charge on any atom is 0.266 e. The fourth-order valence-corrected chi connectivity index (χ4v) is 4.81. The first-order valence-corrected chi connectivity index (χ1v) is 11.1. The normalized spacial score (nSPS) is 13.3. The second kappa shape index (κ2) is 9.08. The highest BCUT2D eigenvalue weighted by molar-refractivity contribution is 7.18. The number of nitrogens with one attached hydrogen (secondary N) is 2. The van der Waals surface area contributed by atoms with Crippen LogP contribution in [0.15, 0.2) is 48.5 Å². The topological polar surface area (TPSA) is 61.4 Å². The predicted octanol–water partition coefficient (Wildman–Crippen LogP) is 5.95. The number of hydrogen-bond donors (Lipinski definition) is 2. The van der Waals surface area contributed by atoms with E-state index in [2.05, 4.69) is 15.5 Å². The number of thiophene rings is 1. The minimum atomic E-state index is -0.473. The van der Waals surface area contributed by atoms with Crippen LogP contribution >= 0.6 is 22.9 Å². The highest BCUT2D eigenvalue weighted by Gasteiger charge is 2.22. The average molecular weight is 458 g/mol. The van der Waals surface area contributed by atoms with Gasteiger partial charge >= 0.3 is 0 Å². The van der Waals surface area contributed by atoms with Crippen molar-refractivity contribution in [1.82, 2.24) is 0 Å². The van der Waals surface area contributed by atoms with Crippen LogP contribution in [0, 0.1) is 12.7 Å². The smallest absolute Gasteiger partial charge is 0.266 e. The van der Waals surface area contributed by atoms with Crippen LogP contribution in [0.3, 0.4) is 0 Å². The molecule has 3 aromatic rings. The van der Waals surface area contributed by atoms with Gasteiger partial charge in [-0.3, -0.25) is 9.59 Å². The van der Waals surface area contributed by atoms with Gasteiger partial charge in [-0.15, -0.1) is 11.3 Å². The summed E-state index contributed by atoms with van der Waals surface area (Å²) in [5.41, 5.74) is 1.91. The highest BCUT2D eigenvalue weighted by atomic mass is 35.5. The molecule has 1 saturated heterocycles. The van der Waals surface area contributed by atoms with Crippen molar-refractivity contribution in [1.29, 1.82) is 0 Å². The quantitative estimate of drug-likeness (QED) is 0.497. The summed E-state index contributed by atoms with van der Waals surface area (Å²) in [6, 6.07) is 13.3. The van der Waals surface area contributed by atoms with Crippen molar-refractivity contribution >= 4 is 51.1 Å². The first kappa shape index (κ1) is 21.3. The van der Waals surface area contributed by atoms with Crippen LogP contribution < -0.4 is 15.5 Å². The van der Waals surface area contributed by atoms with Gasteiger partial charge in [-0.05, 0) is 55.7 Å². The zero-order valence-electron chi connectivity index (χ0n) is 16.9. The molecule has 160 valence electrons. The van der Waals surface area contributed by atoms with Gasteiger partial charge in [0, 0.05) is 13.1 Å². The number of carbonyl (C=O) groups is 2. The van der Waals surface area contributed by atoms with E-state index in [1.807, 2.05) is 6.07 Å². The van der Waals surface area contributed by atoms with Crippen molar-refractivity contribution in [2.45, 2.75) is 19.8 Å². The largest absolute Gasteiger partial charge is 0.370 e. The van der Waals surface area contributed by atoms with Crippen molar-refractivity contribution in [2.75, 3.05) is 28.6 Å². The third-order valence-corrected chi connectivity index (χ3v) is 6.64. The van der Waals surface area contributed by atoms with Gasteiger partial charge in [0.2, 0.25) is 0 Å². The Bertz CT molecular complexity index is 1140. The van der Waals surface area contributed by atoms with Crippen molar-refractivity contribution in [2.24, 2.45) is 0 Å². The van der Waals surface area contributed by atoms with E-state index >= 15 is 0 Å². The number of anilines is 3. The molecule has 0 bridgehead atoms. The summed E-state index contributed by atoms with van der Waals surface area (Å²) in [4.78, 5) is 28.0. The molecular weight excluding hydrogens is 437 g/mol. The van der Waals surface area contributed by atoms with E-state index in [0.717, 1.165) is 37.3 Å². The molecule has 0 aliphatic carbocycles. The van der Waals surface area contributed by atoms with Gasteiger partial charge in [-0.2, -0.15) is 0 Å². The fourth-order valence-electron chi connectivity index (χ4n) is 3.62. The molecular formula is C23H21ClFN3O2S. The molecule has 8 heteroatoms. The van der Waals surface area contributed by atoms with Crippen LogP contribution in [0.4, 0.5) is 20.8 Å². The zero-order chi connectivity index (χ0) is 22.0. The molecule has 31 heavy (non-hydrogen) atoms. The number of carbonyl (C=O) groups excluding carboxylic acids is 2. The van der Waals surface area contributed by atoms with Gasteiger partial charge in [-0.1, -0.05) is 29.8 Å². The van der Waals surface area contributed by atoms with Gasteiger partial charge in [0.25, 0.3) is 11.8 Å². The second-order valence-electron chi connectivity index (χ2n) is 7.34. The van der Waals surface area contributed by atoms with Crippen LogP contribution in [0.1, 0.15) is 38.4 Å². The molecule has 0 radical (unpaired) electrons. The van der Waals surface area contributed by atoms with E-state index in [4.69, 9.17) is 11.6 Å². The van der Waals surface area contributed by atoms with E-state index in [1.165, 1.54) is 6.07 Å². The lowest BCUT2D eigenvalue weighted by molar-refractivity contribution is 0.102. The molecule has 1 aliphatic rings. The lowest BCUT2D eigenvalue weighted by Gasteiger charge is -2.21. The number of hydrogen-bond acceptors (Lipinski definition) is 4. The maximum atomic E-state index is 14.6. The van der Waals surface area contributed by atoms with Crippen LogP contribution in [-0.4, -0.2) is 24.9 Å². The Hall–Kier alpha value is -2.90. The Morgan fingerprint density at radius 3 is 2.52 bits per heavy atom. The molecule has 1 aromatic heterocycles. The summed E-state index contributed by atoms with van der Waals surface area (Å²) < 4.78 is 14.6. The first-order chi connectivity index (χ1) is 14.9. The number of para-hydroxylation sites is 1. The Morgan fingerprint density at radius 2 is 1.77 bits per heavy atom. The standard InChI is InChI=1S/C23H21ClFN3O2S/c1-14-13-19(26-22(29)15-7-2-3-8-16(15)24)31-21(14)23(30)27-20-17(25)9-6-10-18(20)28-11-4-5-12-28/h2-3,6-10,13H,4-5,11-12H2,1H3,(H,26,29)(H,27,30). The summed E-state index contributed by atoms with van der Waals surface area (Å²) in [6.07, 6.45) is 2.09. The van der Waals surface area contributed by atoms with Crippen LogP contribution in [0.2, 0.25) is 5.02 Å². The summed E-state index contributed by atoms with van der Waals surface area (Å²) in [7, 11) is 0.